The summed E-state index contributed by atoms with van der Waals surface area (Å²) in [4.78, 5) is 23.4. The van der Waals surface area contributed by atoms with Crippen molar-refractivity contribution in [1.29, 1.82) is 0 Å². The maximum Gasteiger partial charge on any atom is 0.344 e. The Morgan fingerprint density at radius 2 is 1.92 bits per heavy atom. The standard InChI is InChI=1S/C19H15ClO6/c1-10-7-12(4-6-15(10)20)26-17-9-24-16-8-13(25-11(2)19(22)23)3-5-14(16)18(17)21/h3-9,11H,1-2H3,(H,22,23). The zero-order valence-corrected chi connectivity index (χ0v) is 14.7. The van der Waals surface area contributed by atoms with Gasteiger partial charge in [-0.1, -0.05) is 11.6 Å². The van der Waals surface area contributed by atoms with Gasteiger partial charge in [-0.25, -0.2) is 4.79 Å². The fourth-order valence-electron chi connectivity index (χ4n) is 2.30. The van der Waals surface area contributed by atoms with Gasteiger partial charge < -0.3 is 19.0 Å². The lowest BCUT2D eigenvalue weighted by molar-refractivity contribution is -0.144. The molecule has 0 amide bonds. The van der Waals surface area contributed by atoms with E-state index in [1.165, 1.54) is 31.4 Å². The highest BCUT2D eigenvalue weighted by molar-refractivity contribution is 6.31. The first kappa shape index (κ1) is 17.8. The number of ether oxygens (including phenoxy) is 2. The van der Waals surface area contributed by atoms with Gasteiger partial charge in [0.1, 0.15) is 23.3 Å². The number of carboxylic acids is 1. The van der Waals surface area contributed by atoms with E-state index >= 15 is 0 Å². The third-order valence-corrected chi connectivity index (χ3v) is 4.16. The molecule has 2 aromatic carbocycles. The molecule has 7 heteroatoms. The number of hydrogen-bond donors (Lipinski definition) is 1. The molecule has 1 aromatic heterocycles. The van der Waals surface area contributed by atoms with E-state index in [0.717, 1.165) is 5.56 Å². The monoisotopic (exact) mass is 374 g/mol. The Morgan fingerprint density at radius 3 is 2.62 bits per heavy atom. The van der Waals surface area contributed by atoms with Crippen LogP contribution >= 0.6 is 11.6 Å². The van der Waals surface area contributed by atoms with E-state index in [2.05, 4.69) is 0 Å². The van der Waals surface area contributed by atoms with Crippen molar-refractivity contribution in [2.45, 2.75) is 20.0 Å². The van der Waals surface area contributed by atoms with Gasteiger partial charge in [0.05, 0.1) is 5.39 Å². The Kier molecular flexibility index (Phi) is 4.86. The molecule has 6 nitrogen and oxygen atoms in total. The number of benzene rings is 2. The number of halogens is 1. The summed E-state index contributed by atoms with van der Waals surface area (Å²) in [6.07, 6.45) is 0.189. The molecule has 0 aliphatic rings. The molecule has 0 saturated heterocycles. The second kappa shape index (κ2) is 7.09. The maximum absolute atomic E-state index is 12.6. The van der Waals surface area contributed by atoms with Gasteiger partial charge in [0.2, 0.25) is 11.2 Å². The van der Waals surface area contributed by atoms with Crippen LogP contribution in [0.5, 0.6) is 17.2 Å². The molecule has 1 unspecified atom stereocenters. The Balaban J connectivity index is 1.92. The first-order valence-corrected chi connectivity index (χ1v) is 8.12. The van der Waals surface area contributed by atoms with Crippen LogP contribution < -0.4 is 14.9 Å². The highest BCUT2D eigenvalue weighted by Gasteiger charge is 2.15. The quantitative estimate of drug-likeness (QED) is 0.712. The van der Waals surface area contributed by atoms with Gasteiger partial charge in [0.15, 0.2) is 6.10 Å². The van der Waals surface area contributed by atoms with Crippen LogP contribution in [0.2, 0.25) is 5.02 Å². The van der Waals surface area contributed by atoms with Crippen LogP contribution in [0.4, 0.5) is 0 Å². The van der Waals surface area contributed by atoms with Crippen LogP contribution in [0.1, 0.15) is 12.5 Å². The number of carboxylic acid groups (broad SMARTS) is 1. The summed E-state index contributed by atoms with van der Waals surface area (Å²) in [7, 11) is 0. The van der Waals surface area contributed by atoms with Gasteiger partial charge >= 0.3 is 5.97 Å². The lowest BCUT2D eigenvalue weighted by Crippen LogP contribution is -2.22. The first-order chi connectivity index (χ1) is 12.3. The number of aliphatic carboxylic acids is 1. The minimum absolute atomic E-state index is 0.0341. The number of hydrogen-bond acceptors (Lipinski definition) is 5. The smallest absolute Gasteiger partial charge is 0.344 e. The van der Waals surface area contributed by atoms with Crippen molar-refractivity contribution in [3.63, 3.8) is 0 Å². The summed E-state index contributed by atoms with van der Waals surface area (Å²) >= 11 is 5.98. The molecular formula is C19H15ClO6. The molecule has 0 aliphatic heterocycles. The molecule has 134 valence electrons. The second-order valence-corrected chi connectivity index (χ2v) is 6.11. The molecule has 3 aromatic rings. The molecule has 1 atom stereocenters. The number of aryl methyl sites for hydroxylation is 1. The van der Waals surface area contributed by atoms with Crippen molar-refractivity contribution in [3.05, 3.63) is 63.5 Å². The van der Waals surface area contributed by atoms with E-state index in [1.807, 2.05) is 6.92 Å². The predicted molar refractivity (Wildman–Crippen MR) is 96.5 cm³/mol. The molecule has 0 aliphatic carbocycles. The van der Waals surface area contributed by atoms with E-state index in [9.17, 15) is 9.59 Å². The number of rotatable bonds is 5. The third-order valence-electron chi connectivity index (χ3n) is 3.73. The predicted octanol–water partition coefficient (Wildman–Crippen LogP) is 4.40. The van der Waals surface area contributed by atoms with Crippen molar-refractivity contribution in [3.8, 4) is 17.2 Å². The molecule has 1 N–H and O–H groups in total. The summed E-state index contributed by atoms with van der Waals surface area (Å²) in [5, 5.41) is 9.79. The molecular weight excluding hydrogens is 360 g/mol. The Morgan fingerprint density at radius 1 is 1.19 bits per heavy atom. The average Bonchev–Trinajstić information content (AvgIpc) is 2.60. The van der Waals surface area contributed by atoms with E-state index in [1.54, 1.807) is 18.2 Å². The summed E-state index contributed by atoms with van der Waals surface area (Å²) < 4.78 is 16.3. The lowest BCUT2D eigenvalue weighted by Gasteiger charge is -2.11. The Bertz CT molecular complexity index is 1040. The molecule has 26 heavy (non-hydrogen) atoms. The van der Waals surface area contributed by atoms with Crippen LogP contribution in [-0.4, -0.2) is 17.2 Å². The van der Waals surface area contributed by atoms with Gasteiger partial charge in [-0.3, -0.25) is 4.79 Å². The number of carbonyl (C=O) groups is 1. The summed E-state index contributed by atoms with van der Waals surface area (Å²) in [6.45, 7) is 3.24. The topological polar surface area (TPSA) is 86.0 Å². The largest absolute Gasteiger partial charge is 0.479 e. The Hall–Kier alpha value is -2.99. The summed E-state index contributed by atoms with van der Waals surface area (Å²) in [6, 6.07) is 9.54. The zero-order chi connectivity index (χ0) is 18.8. The van der Waals surface area contributed by atoms with Crippen LogP contribution in [-0.2, 0) is 4.79 Å². The fraction of sp³-hybridized carbons (Fsp3) is 0.158. The van der Waals surface area contributed by atoms with Crippen molar-refractivity contribution < 1.29 is 23.8 Å². The van der Waals surface area contributed by atoms with Gasteiger partial charge in [0.25, 0.3) is 0 Å². The summed E-state index contributed by atoms with van der Waals surface area (Å²) in [5.41, 5.74) is 0.741. The fourth-order valence-corrected chi connectivity index (χ4v) is 2.41. The minimum Gasteiger partial charge on any atom is -0.479 e. The average molecular weight is 375 g/mol. The normalized spacial score (nSPS) is 12.0. The maximum atomic E-state index is 12.6. The summed E-state index contributed by atoms with van der Waals surface area (Å²) in [5.74, 6) is -0.299. The van der Waals surface area contributed by atoms with Crippen molar-refractivity contribution in [2.75, 3.05) is 0 Å². The van der Waals surface area contributed by atoms with Crippen LogP contribution in [0.3, 0.4) is 0 Å². The van der Waals surface area contributed by atoms with Crippen LogP contribution in [0, 0.1) is 6.92 Å². The van der Waals surface area contributed by atoms with Crippen molar-refractivity contribution in [1.82, 2.24) is 0 Å². The van der Waals surface area contributed by atoms with Gasteiger partial charge in [-0.05, 0) is 49.7 Å². The van der Waals surface area contributed by atoms with E-state index in [0.29, 0.717) is 16.2 Å². The van der Waals surface area contributed by atoms with Gasteiger partial charge in [0, 0.05) is 11.1 Å². The van der Waals surface area contributed by atoms with E-state index < -0.39 is 12.1 Å². The Labute approximate surface area is 153 Å². The number of fused-ring (bicyclic) bond motifs is 1. The minimum atomic E-state index is -1.09. The molecule has 1 heterocycles. The van der Waals surface area contributed by atoms with Crippen LogP contribution in [0.15, 0.2) is 51.9 Å². The lowest BCUT2D eigenvalue weighted by atomic mass is 10.2. The zero-order valence-electron chi connectivity index (χ0n) is 14.0. The third kappa shape index (κ3) is 3.65. The van der Waals surface area contributed by atoms with E-state index in [4.69, 9.17) is 30.6 Å². The molecule has 0 saturated carbocycles. The van der Waals surface area contributed by atoms with Gasteiger partial charge in [-0.2, -0.15) is 0 Å². The first-order valence-electron chi connectivity index (χ1n) is 7.74. The molecule has 3 rings (SSSR count). The SMILES string of the molecule is Cc1cc(Oc2coc3cc(OC(C)C(=O)O)ccc3c2=O)ccc1Cl. The van der Waals surface area contributed by atoms with Crippen LogP contribution in [0.25, 0.3) is 11.0 Å². The van der Waals surface area contributed by atoms with Crippen molar-refractivity contribution >= 4 is 28.5 Å². The second-order valence-electron chi connectivity index (χ2n) is 5.70. The molecule has 0 bridgehead atoms. The highest BCUT2D eigenvalue weighted by atomic mass is 35.5. The van der Waals surface area contributed by atoms with Crippen molar-refractivity contribution in [2.24, 2.45) is 0 Å². The highest BCUT2D eigenvalue weighted by Crippen LogP contribution is 2.27. The van der Waals surface area contributed by atoms with E-state index in [-0.39, 0.29) is 22.5 Å². The molecule has 0 fully saturated rings. The molecule has 0 radical (unpaired) electrons. The molecule has 0 spiro atoms. The van der Waals surface area contributed by atoms with Gasteiger partial charge in [-0.15, -0.1) is 0 Å².